The van der Waals surface area contributed by atoms with Crippen LogP contribution in [0.5, 0.6) is 0 Å². The predicted octanol–water partition coefficient (Wildman–Crippen LogP) is 2.97. The molecule has 2 N–H and O–H groups in total. The lowest BCUT2D eigenvalue weighted by molar-refractivity contribution is 0.597. The van der Waals surface area contributed by atoms with E-state index in [0.717, 1.165) is 37.6 Å². The van der Waals surface area contributed by atoms with E-state index in [0.29, 0.717) is 0 Å². The summed E-state index contributed by atoms with van der Waals surface area (Å²) >= 11 is 0. The number of hydrogen-bond donors (Lipinski definition) is 2. The van der Waals surface area contributed by atoms with E-state index in [1.165, 1.54) is 25.7 Å². The average Bonchev–Trinajstić information content (AvgIpc) is 2.42. The van der Waals surface area contributed by atoms with Crippen molar-refractivity contribution in [1.29, 1.82) is 0 Å². The molecule has 0 fully saturated rings. The highest BCUT2D eigenvalue weighted by atomic mass is 15.1. The molecule has 0 aliphatic carbocycles. The number of unbranched alkanes of at least 4 members (excludes halogenated alkanes) is 3. The summed E-state index contributed by atoms with van der Waals surface area (Å²) in [6.07, 6.45) is 10.1. The standard InChI is InChI=1S/C14H26N4/c1-3-5-6-7-9-15-10-13-11-17-14(18-12-13)16-8-4-2/h11-12,15H,3-10H2,1-2H3,(H,16,17,18). The van der Waals surface area contributed by atoms with E-state index >= 15 is 0 Å². The molecule has 0 unspecified atom stereocenters. The Morgan fingerprint density at radius 1 is 0.944 bits per heavy atom. The maximum absolute atomic E-state index is 4.28. The summed E-state index contributed by atoms with van der Waals surface area (Å²) in [5.41, 5.74) is 1.15. The molecule has 1 rings (SSSR count). The van der Waals surface area contributed by atoms with Gasteiger partial charge in [0.2, 0.25) is 5.95 Å². The van der Waals surface area contributed by atoms with Crippen LogP contribution in [0.25, 0.3) is 0 Å². The number of anilines is 1. The van der Waals surface area contributed by atoms with E-state index in [2.05, 4.69) is 34.4 Å². The van der Waals surface area contributed by atoms with Gasteiger partial charge in [0, 0.05) is 31.0 Å². The van der Waals surface area contributed by atoms with E-state index in [-0.39, 0.29) is 0 Å². The molecule has 0 radical (unpaired) electrons. The fourth-order valence-electron chi connectivity index (χ4n) is 1.68. The lowest BCUT2D eigenvalue weighted by Crippen LogP contribution is -2.15. The van der Waals surface area contributed by atoms with Crippen LogP contribution in [0, 0.1) is 0 Å². The van der Waals surface area contributed by atoms with Gasteiger partial charge in [0.1, 0.15) is 0 Å². The van der Waals surface area contributed by atoms with E-state index in [1.54, 1.807) is 0 Å². The highest BCUT2D eigenvalue weighted by Gasteiger charge is 1.96. The molecule has 0 aromatic carbocycles. The number of nitrogens with one attached hydrogen (secondary N) is 2. The van der Waals surface area contributed by atoms with Crippen molar-refractivity contribution in [3.05, 3.63) is 18.0 Å². The molecule has 1 aromatic heterocycles. The van der Waals surface area contributed by atoms with Crippen LogP contribution in [0.2, 0.25) is 0 Å². The van der Waals surface area contributed by atoms with Crippen LogP contribution >= 0.6 is 0 Å². The van der Waals surface area contributed by atoms with Crippen LogP contribution < -0.4 is 10.6 Å². The Morgan fingerprint density at radius 3 is 2.39 bits per heavy atom. The molecule has 0 atom stereocenters. The van der Waals surface area contributed by atoms with Gasteiger partial charge in [-0.15, -0.1) is 0 Å². The lowest BCUT2D eigenvalue weighted by Gasteiger charge is -2.06. The smallest absolute Gasteiger partial charge is 0.222 e. The molecule has 1 heterocycles. The SMILES string of the molecule is CCCCCCNCc1cnc(NCCC)nc1. The first-order valence-electron chi connectivity index (χ1n) is 7.12. The second-order valence-corrected chi connectivity index (χ2v) is 4.58. The van der Waals surface area contributed by atoms with E-state index in [4.69, 9.17) is 0 Å². The Hall–Kier alpha value is -1.16. The van der Waals surface area contributed by atoms with Crippen molar-refractivity contribution < 1.29 is 0 Å². The Balaban J connectivity index is 2.14. The van der Waals surface area contributed by atoms with Gasteiger partial charge in [-0.3, -0.25) is 0 Å². The van der Waals surface area contributed by atoms with Crippen molar-refractivity contribution in [2.75, 3.05) is 18.4 Å². The van der Waals surface area contributed by atoms with Crippen molar-refractivity contribution >= 4 is 5.95 Å². The zero-order chi connectivity index (χ0) is 13.1. The van der Waals surface area contributed by atoms with Crippen LogP contribution in [-0.4, -0.2) is 23.1 Å². The molecule has 1 aromatic rings. The highest BCUT2D eigenvalue weighted by Crippen LogP contribution is 2.01. The molecular weight excluding hydrogens is 224 g/mol. The van der Waals surface area contributed by atoms with Gasteiger partial charge in [0.15, 0.2) is 0 Å². The Labute approximate surface area is 111 Å². The second kappa shape index (κ2) is 9.83. The zero-order valence-electron chi connectivity index (χ0n) is 11.7. The fourth-order valence-corrected chi connectivity index (χ4v) is 1.68. The second-order valence-electron chi connectivity index (χ2n) is 4.58. The van der Waals surface area contributed by atoms with Gasteiger partial charge in [-0.25, -0.2) is 9.97 Å². The Morgan fingerprint density at radius 2 is 1.72 bits per heavy atom. The average molecular weight is 250 g/mol. The zero-order valence-corrected chi connectivity index (χ0v) is 11.7. The highest BCUT2D eigenvalue weighted by molar-refractivity contribution is 5.24. The normalized spacial score (nSPS) is 10.6. The first kappa shape index (κ1) is 14.9. The Bertz CT molecular complexity index is 297. The fraction of sp³-hybridized carbons (Fsp3) is 0.714. The maximum atomic E-state index is 4.28. The summed E-state index contributed by atoms with van der Waals surface area (Å²) in [4.78, 5) is 8.56. The third-order valence-corrected chi connectivity index (χ3v) is 2.77. The number of rotatable bonds is 10. The van der Waals surface area contributed by atoms with Gasteiger partial charge < -0.3 is 10.6 Å². The van der Waals surface area contributed by atoms with Crippen molar-refractivity contribution in [3.8, 4) is 0 Å². The largest absolute Gasteiger partial charge is 0.354 e. The number of aromatic nitrogens is 2. The van der Waals surface area contributed by atoms with Crippen LogP contribution in [0.3, 0.4) is 0 Å². The summed E-state index contributed by atoms with van der Waals surface area (Å²) in [5, 5.41) is 6.59. The van der Waals surface area contributed by atoms with Gasteiger partial charge in [-0.05, 0) is 19.4 Å². The summed E-state index contributed by atoms with van der Waals surface area (Å²) in [6, 6.07) is 0. The van der Waals surface area contributed by atoms with Crippen LogP contribution in [0.15, 0.2) is 12.4 Å². The van der Waals surface area contributed by atoms with E-state index in [1.807, 2.05) is 12.4 Å². The van der Waals surface area contributed by atoms with E-state index < -0.39 is 0 Å². The van der Waals surface area contributed by atoms with Crippen molar-refractivity contribution in [1.82, 2.24) is 15.3 Å². The monoisotopic (exact) mass is 250 g/mol. The van der Waals surface area contributed by atoms with Crippen molar-refractivity contribution in [3.63, 3.8) is 0 Å². The molecular formula is C14H26N4. The number of hydrogen-bond acceptors (Lipinski definition) is 4. The molecule has 0 amide bonds. The minimum atomic E-state index is 0.726. The topological polar surface area (TPSA) is 49.8 Å². The Kier molecular flexibility index (Phi) is 8.13. The molecule has 0 saturated carbocycles. The van der Waals surface area contributed by atoms with Crippen molar-refractivity contribution in [2.45, 2.75) is 52.5 Å². The summed E-state index contributed by atoms with van der Waals surface area (Å²) in [5.74, 6) is 0.726. The van der Waals surface area contributed by atoms with Crippen LogP contribution in [0.1, 0.15) is 51.5 Å². The summed E-state index contributed by atoms with van der Waals surface area (Å²) < 4.78 is 0. The third kappa shape index (κ3) is 6.55. The van der Waals surface area contributed by atoms with Crippen LogP contribution in [-0.2, 0) is 6.54 Å². The molecule has 102 valence electrons. The van der Waals surface area contributed by atoms with Gasteiger partial charge in [-0.2, -0.15) is 0 Å². The minimum absolute atomic E-state index is 0.726. The lowest BCUT2D eigenvalue weighted by atomic mass is 10.2. The molecule has 4 heteroatoms. The van der Waals surface area contributed by atoms with Crippen LogP contribution in [0.4, 0.5) is 5.95 Å². The quantitative estimate of drug-likeness (QED) is 0.627. The van der Waals surface area contributed by atoms with Crippen molar-refractivity contribution in [2.24, 2.45) is 0 Å². The molecule has 0 bridgehead atoms. The van der Waals surface area contributed by atoms with Gasteiger partial charge in [0.05, 0.1) is 0 Å². The first-order chi connectivity index (χ1) is 8.86. The summed E-state index contributed by atoms with van der Waals surface area (Å²) in [7, 11) is 0. The maximum Gasteiger partial charge on any atom is 0.222 e. The van der Waals surface area contributed by atoms with Gasteiger partial charge in [0.25, 0.3) is 0 Å². The van der Waals surface area contributed by atoms with E-state index in [9.17, 15) is 0 Å². The molecule has 0 saturated heterocycles. The molecule has 4 nitrogen and oxygen atoms in total. The van der Waals surface area contributed by atoms with Gasteiger partial charge >= 0.3 is 0 Å². The third-order valence-electron chi connectivity index (χ3n) is 2.77. The predicted molar refractivity (Wildman–Crippen MR) is 76.7 cm³/mol. The number of nitrogens with zero attached hydrogens (tertiary/aromatic N) is 2. The van der Waals surface area contributed by atoms with Gasteiger partial charge in [-0.1, -0.05) is 33.1 Å². The molecule has 0 aliphatic rings. The molecule has 18 heavy (non-hydrogen) atoms. The molecule has 0 aliphatic heterocycles. The summed E-state index contributed by atoms with van der Waals surface area (Å²) in [6.45, 7) is 7.23. The minimum Gasteiger partial charge on any atom is -0.354 e. The first-order valence-corrected chi connectivity index (χ1v) is 7.12. The molecule has 0 spiro atoms.